The molecule has 0 aliphatic carbocycles. The number of nitrogens with zero attached hydrogens (tertiary/aromatic N) is 2. The van der Waals surface area contributed by atoms with E-state index in [4.69, 9.17) is 14.0 Å². The van der Waals surface area contributed by atoms with Gasteiger partial charge < -0.3 is 19.0 Å². The third-order valence-electron chi connectivity index (χ3n) is 4.18. The van der Waals surface area contributed by atoms with Crippen molar-refractivity contribution in [2.75, 3.05) is 20.5 Å². The lowest BCUT2D eigenvalue weighted by atomic mass is 10.1. The predicted molar refractivity (Wildman–Crippen MR) is 109 cm³/mol. The molecule has 9 heteroatoms. The average Bonchev–Trinajstić information content (AvgIpc) is 3.20. The number of fused-ring (bicyclic) bond motifs is 2. The van der Waals surface area contributed by atoms with Crippen molar-refractivity contribution in [3.05, 3.63) is 42.7 Å². The SMILES string of the molecule is COc1cc2c(-c3cc4cccnc4[nH]3)cn(C)c2cc1OC.CS(=O)(=O)O. The van der Waals surface area contributed by atoms with E-state index in [-0.39, 0.29) is 0 Å². The molecular formula is C19H21N3O5S. The van der Waals surface area contributed by atoms with Crippen LogP contribution in [0.5, 0.6) is 11.5 Å². The Labute approximate surface area is 162 Å². The molecule has 0 saturated heterocycles. The van der Waals surface area contributed by atoms with Crippen LogP contribution < -0.4 is 9.47 Å². The maximum Gasteiger partial charge on any atom is 0.261 e. The third-order valence-corrected chi connectivity index (χ3v) is 4.18. The zero-order valence-electron chi connectivity index (χ0n) is 15.9. The van der Waals surface area contributed by atoms with Gasteiger partial charge in [0.25, 0.3) is 10.1 Å². The van der Waals surface area contributed by atoms with Crippen molar-refractivity contribution in [3.8, 4) is 22.8 Å². The normalized spacial score (nSPS) is 11.3. The van der Waals surface area contributed by atoms with Gasteiger partial charge in [0.2, 0.25) is 0 Å². The monoisotopic (exact) mass is 403 g/mol. The van der Waals surface area contributed by atoms with Crippen LogP contribution in [0.3, 0.4) is 0 Å². The summed E-state index contributed by atoms with van der Waals surface area (Å²) in [5.41, 5.74) is 4.13. The summed E-state index contributed by atoms with van der Waals surface area (Å²) in [4.78, 5) is 7.76. The molecular weight excluding hydrogens is 382 g/mol. The van der Waals surface area contributed by atoms with E-state index in [2.05, 4.69) is 32.9 Å². The standard InChI is InChI=1S/C18H17N3O2.CH4O3S/c1-21-10-13(14-7-11-5-4-6-19-18(11)20-14)12-8-16(22-2)17(23-3)9-15(12)21;1-5(2,3)4/h4-10H,1-3H3,(H,19,20);1H3,(H,2,3,4). The van der Waals surface area contributed by atoms with Crippen LogP contribution in [0, 0.1) is 0 Å². The summed E-state index contributed by atoms with van der Waals surface area (Å²) in [5.74, 6) is 1.45. The highest BCUT2D eigenvalue weighted by atomic mass is 32.2. The molecule has 0 bridgehead atoms. The van der Waals surface area contributed by atoms with Crippen LogP contribution in [0.15, 0.2) is 42.7 Å². The maximum atomic E-state index is 9.19. The Balaban J connectivity index is 0.000000403. The van der Waals surface area contributed by atoms with Gasteiger partial charge in [-0.05, 0) is 24.3 Å². The minimum atomic E-state index is -3.67. The second-order valence-corrected chi connectivity index (χ2v) is 7.70. The Morgan fingerprint density at radius 2 is 1.79 bits per heavy atom. The van der Waals surface area contributed by atoms with E-state index in [1.165, 1.54) is 0 Å². The first kappa shape index (κ1) is 19.7. The molecule has 1 aromatic carbocycles. The Bertz CT molecular complexity index is 1200. The molecule has 0 unspecified atom stereocenters. The van der Waals surface area contributed by atoms with E-state index in [0.29, 0.717) is 6.26 Å². The molecule has 8 nitrogen and oxygen atoms in total. The number of H-pyrrole nitrogens is 1. The Morgan fingerprint density at radius 1 is 1.14 bits per heavy atom. The zero-order valence-corrected chi connectivity index (χ0v) is 16.7. The summed E-state index contributed by atoms with van der Waals surface area (Å²) in [6, 6.07) is 10.1. The number of rotatable bonds is 3. The highest BCUT2D eigenvalue weighted by molar-refractivity contribution is 7.85. The number of pyridine rings is 1. The summed E-state index contributed by atoms with van der Waals surface area (Å²) >= 11 is 0. The number of aromatic nitrogens is 3. The van der Waals surface area contributed by atoms with Gasteiger partial charge in [-0.15, -0.1) is 0 Å². The van der Waals surface area contributed by atoms with Crippen molar-refractivity contribution >= 4 is 32.1 Å². The molecule has 148 valence electrons. The number of aromatic amines is 1. The fourth-order valence-corrected chi connectivity index (χ4v) is 3.03. The number of hydrogen-bond acceptors (Lipinski definition) is 5. The summed E-state index contributed by atoms with van der Waals surface area (Å²) in [6.07, 6.45) is 4.61. The molecule has 3 heterocycles. The third kappa shape index (κ3) is 4.10. The van der Waals surface area contributed by atoms with E-state index in [1.807, 2.05) is 25.2 Å². The predicted octanol–water partition coefficient (Wildman–Crippen LogP) is 3.24. The highest BCUT2D eigenvalue weighted by Crippen LogP contribution is 2.38. The van der Waals surface area contributed by atoms with E-state index in [1.54, 1.807) is 20.4 Å². The molecule has 0 spiro atoms. The van der Waals surface area contributed by atoms with E-state index in [0.717, 1.165) is 44.7 Å². The number of ether oxygens (including phenoxy) is 2. The van der Waals surface area contributed by atoms with E-state index >= 15 is 0 Å². The van der Waals surface area contributed by atoms with Gasteiger partial charge >= 0.3 is 0 Å². The van der Waals surface area contributed by atoms with Crippen LogP contribution >= 0.6 is 0 Å². The second-order valence-electron chi connectivity index (χ2n) is 6.24. The minimum absolute atomic E-state index is 0.715. The van der Waals surface area contributed by atoms with Crippen molar-refractivity contribution in [1.82, 2.24) is 14.5 Å². The summed E-state index contributed by atoms with van der Waals surface area (Å²) in [6.45, 7) is 0. The topological polar surface area (TPSA) is 106 Å². The summed E-state index contributed by atoms with van der Waals surface area (Å²) in [7, 11) is 1.66. The highest BCUT2D eigenvalue weighted by Gasteiger charge is 2.15. The molecule has 4 aromatic rings. The van der Waals surface area contributed by atoms with Gasteiger partial charge in [0.1, 0.15) is 5.65 Å². The van der Waals surface area contributed by atoms with Gasteiger partial charge in [0.05, 0.1) is 26.0 Å². The number of methoxy groups -OCH3 is 2. The lowest BCUT2D eigenvalue weighted by Gasteiger charge is -2.08. The molecule has 0 saturated carbocycles. The fraction of sp³-hybridized carbons (Fsp3) is 0.211. The fourth-order valence-electron chi connectivity index (χ4n) is 3.03. The van der Waals surface area contributed by atoms with Crippen LogP contribution in [0.25, 0.3) is 33.2 Å². The van der Waals surface area contributed by atoms with Crippen LogP contribution in [0.2, 0.25) is 0 Å². The number of benzene rings is 1. The molecule has 3 aromatic heterocycles. The number of nitrogens with one attached hydrogen (secondary N) is 1. The quantitative estimate of drug-likeness (QED) is 0.509. The van der Waals surface area contributed by atoms with Gasteiger partial charge in [0.15, 0.2) is 11.5 Å². The zero-order chi connectivity index (χ0) is 20.5. The van der Waals surface area contributed by atoms with Crippen LogP contribution in [-0.2, 0) is 17.2 Å². The molecule has 4 rings (SSSR count). The minimum Gasteiger partial charge on any atom is -0.493 e. The van der Waals surface area contributed by atoms with Crippen molar-refractivity contribution < 1.29 is 22.4 Å². The van der Waals surface area contributed by atoms with Gasteiger partial charge in [-0.25, -0.2) is 4.98 Å². The Morgan fingerprint density at radius 3 is 2.39 bits per heavy atom. The van der Waals surface area contributed by atoms with Crippen LogP contribution in [0.4, 0.5) is 0 Å². The maximum absolute atomic E-state index is 9.19. The second kappa shape index (κ2) is 7.53. The van der Waals surface area contributed by atoms with Crippen LogP contribution in [0.1, 0.15) is 0 Å². The van der Waals surface area contributed by atoms with Crippen molar-refractivity contribution in [3.63, 3.8) is 0 Å². The van der Waals surface area contributed by atoms with Crippen molar-refractivity contribution in [1.29, 1.82) is 0 Å². The van der Waals surface area contributed by atoms with Gasteiger partial charge in [-0.3, -0.25) is 4.55 Å². The Kier molecular flexibility index (Phi) is 5.30. The Hall–Kier alpha value is -3.04. The molecule has 0 atom stereocenters. The number of hydrogen-bond donors (Lipinski definition) is 2. The van der Waals surface area contributed by atoms with Crippen molar-refractivity contribution in [2.24, 2.45) is 7.05 Å². The first-order chi connectivity index (χ1) is 13.2. The first-order valence-corrected chi connectivity index (χ1v) is 10.1. The van der Waals surface area contributed by atoms with E-state index in [9.17, 15) is 8.42 Å². The van der Waals surface area contributed by atoms with Gasteiger partial charge in [-0.2, -0.15) is 8.42 Å². The van der Waals surface area contributed by atoms with Crippen molar-refractivity contribution in [2.45, 2.75) is 0 Å². The smallest absolute Gasteiger partial charge is 0.261 e. The number of aryl methyl sites for hydroxylation is 1. The molecule has 2 N–H and O–H groups in total. The lowest BCUT2D eigenvalue weighted by molar-refractivity contribution is 0.355. The molecule has 0 radical (unpaired) electrons. The molecule has 0 fully saturated rings. The molecule has 28 heavy (non-hydrogen) atoms. The average molecular weight is 403 g/mol. The molecule has 0 aliphatic heterocycles. The van der Waals surface area contributed by atoms with E-state index < -0.39 is 10.1 Å². The first-order valence-electron chi connectivity index (χ1n) is 8.29. The lowest BCUT2D eigenvalue weighted by Crippen LogP contribution is -1.91. The largest absolute Gasteiger partial charge is 0.493 e. The summed E-state index contributed by atoms with van der Waals surface area (Å²) < 4.78 is 38.8. The van der Waals surface area contributed by atoms with Gasteiger partial charge in [-0.1, -0.05) is 0 Å². The molecule has 0 amide bonds. The molecule has 0 aliphatic rings. The van der Waals surface area contributed by atoms with Gasteiger partial charge in [0, 0.05) is 47.5 Å². The summed E-state index contributed by atoms with van der Waals surface area (Å²) in [5, 5.41) is 2.21. The van der Waals surface area contributed by atoms with Crippen LogP contribution in [-0.4, -0.2) is 48.0 Å².